The van der Waals surface area contributed by atoms with Crippen molar-refractivity contribution < 1.29 is 39.1 Å². The van der Waals surface area contributed by atoms with E-state index in [1.807, 2.05) is 53.5 Å². The average Bonchev–Trinajstić information content (AvgIpc) is 2.86. The molecule has 0 aromatic heterocycles. The predicted molar refractivity (Wildman–Crippen MR) is 155 cm³/mol. The molecular formula is C31H59NO8. The van der Waals surface area contributed by atoms with E-state index in [0.29, 0.717) is 32.2 Å². The Morgan fingerprint density at radius 3 is 2.20 bits per heavy atom. The highest BCUT2D eigenvalue weighted by atomic mass is 16.7. The normalized spacial score (nSPS) is 47.2. The minimum atomic E-state index is -1.63. The van der Waals surface area contributed by atoms with E-state index >= 15 is 0 Å². The summed E-state index contributed by atoms with van der Waals surface area (Å²) in [7, 11) is 3.60. The molecule has 2 rings (SSSR count). The summed E-state index contributed by atoms with van der Waals surface area (Å²) in [5, 5.41) is 34.6. The highest BCUT2D eigenvalue weighted by Gasteiger charge is 2.48. The van der Waals surface area contributed by atoms with Crippen LogP contribution < -0.4 is 0 Å². The highest BCUT2D eigenvalue weighted by Crippen LogP contribution is 2.37. The van der Waals surface area contributed by atoms with Gasteiger partial charge in [-0.25, -0.2) is 0 Å². The van der Waals surface area contributed by atoms with E-state index in [-0.39, 0.29) is 24.4 Å². The molecule has 0 aromatic carbocycles. The zero-order valence-corrected chi connectivity index (χ0v) is 27.0. The lowest BCUT2D eigenvalue weighted by molar-refractivity contribution is -0.265. The van der Waals surface area contributed by atoms with Gasteiger partial charge in [0.1, 0.15) is 17.8 Å². The number of ether oxygens (including phenoxy) is 4. The number of rotatable bonds is 5. The summed E-state index contributed by atoms with van der Waals surface area (Å²) >= 11 is 0. The standard InChI is InChI=1S/C31H59NO8/c1-12-24-31(36,13-2)27(33)23(7)32(10)18-19(3)14-29(8,35)15-20(4)26(22(6)28(34)39-24)40-25-17-30(9,37-11)16-21(5)38-25/h19-27,33,35-36H,12-18H2,1-11H3/t19-,20-,21+,22-,23-,24-,25+,26+,27-,29-,30+,31-/m1/s1. The smallest absolute Gasteiger partial charge is 0.311 e. The van der Waals surface area contributed by atoms with Crippen LogP contribution in [0.15, 0.2) is 0 Å². The fraction of sp³-hybridized carbons (Fsp3) is 0.968. The van der Waals surface area contributed by atoms with Gasteiger partial charge in [-0.3, -0.25) is 4.79 Å². The Kier molecular flexibility index (Phi) is 12.5. The van der Waals surface area contributed by atoms with Crippen molar-refractivity contribution in [2.75, 3.05) is 20.7 Å². The molecule has 12 atom stereocenters. The molecule has 0 aliphatic carbocycles. The number of aliphatic hydroxyl groups excluding tert-OH is 1. The zero-order chi connectivity index (χ0) is 30.6. The zero-order valence-electron chi connectivity index (χ0n) is 27.0. The molecule has 3 N–H and O–H groups in total. The van der Waals surface area contributed by atoms with Gasteiger partial charge in [-0.2, -0.15) is 0 Å². The van der Waals surface area contributed by atoms with E-state index in [2.05, 4.69) is 6.92 Å². The molecule has 236 valence electrons. The first-order valence-electron chi connectivity index (χ1n) is 15.3. The molecule has 0 amide bonds. The predicted octanol–water partition coefficient (Wildman–Crippen LogP) is 3.90. The van der Waals surface area contributed by atoms with Crippen molar-refractivity contribution in [2.24, 2.45) is 17.8 Å². The van der Waals surface area contributed by atoms with Crippen LogP contribution in [0.3, 0.4) is 0 Å². The monoisotopic (exact) mass is 573 g/mol. The molecule has 2 fully saturated rings. The molecule has 0 saturated carbocycles. The maximum atomic E-state index is 13.7. The minimum Gasteiger partial charge on any atom is -0.459 e. The molecule has 0 spiro atoms. The summed E-state index contributed by atoms with van der Waals surface area (Å²) in [6.07, 6.45) is -0.585. The Hall–Kier alpha value is -0.810. The van der Waals surface area contributed by atoms with Gasteiger partial charge in [0.15, 0.2) is 6.29 Å². The van der Waals surface area contributed by atoms with Gasteiger partial charge < -0.3 is 39.2 Å². The maximum Gasteiger partial charge on any atom is 0.311 e. The first kappa shape index (κ1) is 35.4. The summed E-state index contributed by atoms with van der Waals surface area (Å²) in [5.74, 6) is -1.32. The first-order chi connectivity index (χ1) is 18.4. The molecular weight excluding hydrogens is 514 g/mol. The van der Waals surface area contributed by atoms with Gasteiger partial charge in [-0.05, 0) is 79.2 Å². The van der Waals surface area contributed by atoms with Gasteiger partial charge >= 0.3 is 5.97 Å². The summed E-state index contributed by atoms with van der Waals surface area (Å²) in [6.45, 7) is 17.8. The number of carbonyl (C=O) groups is 1. The number of nitrogens with zero attached hydrogens (tertiary/aromatic N) is 1. The molecule has 40 heavy (non-hydrogen) atoms. The van der Waals surface area contributed by atoms with Crippen LogP contribution in [0.25, 0.3) is 0 Å². The highest BCUT2D eigenvalue weighted by molar-refractivity contribution is 5.73. The molecule has 0 radical (unpaired) electrons. The second-order valence-electron chi connectivity index (χ2n) is 13.6. The van der Waals surface area contributed by atoms with Crippen LogP contribution >= 0.6 is 0 Å². The minimum absolute atomic E-state index is 0.0861. The molecule has 9 nitrogen and oxygen atoms in total. The van der Waals surface area contributed by atoms with Crippen LogP contribution in [0.4, 0.5) is 0 Å². The van der Waals surface area contributed by atoms with Crippen molar-refractivity contribution in [3.63, 3.8) is 0 Å². The van der Waals surface area contributed by atoms with Crippen LogP contribution in [0.1, 0.15) is 101 Å². The average molecular weight is 574 g/mol. The van der Waals surface area contributed by atoms with Crippen LogP contribution in [0.2, 0.25) is 0 Å². The Labute approximate surface area is 242 Å². The van der Waals surface area contributed by atoms with E-state index in [1.54, 1.807) is 21.0 Å². The Morgan fingerprint density at radius 2 is 1.65 bits per heavy atom. The van der Waals surface area contributed by atoms with E-state index in [9.17, 15) is 20.1 Å². The lowest BCUT2D eigenvalue weighted by Gasteiger charge is -2.44. The van der Waals surface area contributed by atoms with Gasteiger partial charge in [0.25, 0.3) is 0 Å². The van der Waals surface area contributed by atoms with Crippen molar-refractivity contribution in [1.82, 2.24) is 4.90 Å². The Balaban J connectivity index is 2.49. The first-order valence-corrected chi connectivity index (χ1v) is 15.3. The second-order valence-corrected chi connectivity index (χ2v) is 13.6. The third kappa shape index (κ3) is 8.62. The number of methoxy groups -OCH3 is 1. The van der Waals surface area contributed by atoms with Crippen LogP contribution in [0, 0.1) is 17.8 Å². The number of likely N-dealkylation sites (N-methyl/N-ethyl adjacent to an activating group) is 1. The fourth-order valence-corrected chi connectivity index (χ4v) is 7.14. The van der Waals surface area contributed by atoms with Crippen LogP contribution in [-0.4, -0.2) is 100 Å². The van der Waals surface area contributed by atoms with Crippen molar-refractivity contribution >= 4 is 5.97 Å². The van der Waals surface area contributed by atoms with E-state index < -0.39 is 59.3 Å². The maximum absolute atomic E-state index is 13.7. The summed E-state index contributed by atoms with van der Waals surface area (Å²) in [4.78, 5) is 15.7. The molecule has 0 unspecified atom stereocenters. The van der Waals surface area contributed by atoms with E-state index in [1.165, 1.54) is 0 Å². The quantitative estimate of drug-likeness (QED) is 0.421. The van der Waals surface area contributed by atoms with Gasteiger partial charge in [0.05, 0.1) is 29.3 Å². The molecule has 0 bridgehead atoms. The molecule has 9 heteroatoms. The number of cyclic esters (lactones) is 1. The summed E-state index contributed by atoms with van der Waals surface area (Å²) < 4.78 is 24.5. The molecule has 0 aromatic rings. The third-order valence-electron chi connectivity index (χ3n) is 9.50. The van der Waals surface area contributed by atoms with Gasteiger partial charge in [0.2, 0.25) is 0 Å². The van der Waals surface area contributed by atoms with Crippen molar-refractivity contribution in [3.8, 4) is 0 Å². The number of esters is 1. The molecule has 2 heterocycles. The lowest BCUT2D eigenvalue weighted by atomic mass is 9.80. The van der Waals surface area contributed by atoms with Crippen molar-refractivity contribution in [1.29, 1.82) is 0 Å². The second kappa shape index (κ2) is 14.1. The van der Waals surface area contributed by atoms with E-state index in [0.717, 1.165) is 6.42 Å². The van der Waals surface area contributed by atoms with Crippen molar-refractivity contribution in [3.05, 3.63) is 0 Å². The molecule has 2 aliphatic rings. The summed E-state index contributed by atoms with van der Waals surface area (Å²) in [6, 6.07) is -0.400. The topological polar surface area (TPSA) is 118 Å². The number of hydrogen-bond acceptors (Lipinski definition) is 9. The fourth-order valence-electron chi connectivity index (χ4n) is 7.14. The van der Waals surface area contributed by atoms with Gasteiger partial charge in [-0.15, -0.1) is 0 Å². The molecule has 2 aliphatic heterocycles. The lowest BCUT2D eigenvalue weighted by Crippen LogP contribution is -2.60. The SMILES string of the molecule is CC[C@H]1OC(=O)[C@H](C)[C@@H](O[C@H]2C[C@@](C)(OC)C[C@H](C)O2)[C@H](C)C[C@](C)(O)C[C@@H](C)CN(C)[C@H](C)[C@@H](O)[C@@]1(O)CC. The molecule has 2 saturated heterocycles. The van der Waals surface area contributed by atoms with Crippen LogP contribution in [-0.2, 0) is 23.7 Å². The number of aliphatic hydroxyl groups is 3. The van der Waals surface area contributed by atoms with E-state index in [4.69, 9.17) is 18.9 Å². The Morgan fingerprint density at radius 1 is 1.02 bits per heavy atom. The van der Waals surface area contributed by atoms with Gasteiger partial charge in [0, 0.05) is 32.5 Å². The number of hydrogen-bond donors (Lipinski definition) is 3. The number of carbonyl (C=O) groups excluding carboxylic acids is 1. The van der Waals surface area contributed by atoms with Crippen molar-refractivity contribution in [2.45, 2.75) is 154 Å². The Bertz CT molecular complexity index is 810. The summed E-state index contributed by atoms with van der Waals surface area (Å²) in [5.41, 5.74) is -3.05. The van der Waals surface area contributed by atoms with Gasteiger partial charge in [-0.1, -0.05) is 27.7 Å². The third-order valence-corrected chi connectivity index (χ3v) is 9.50. The van der Waals surface area contributed by atoms with Crippen LogP contribution in [0.5, 0.6) is 0 Å². The largest absolute Gasteiger partial charge is 0.459 e.